The van der Waals surface area contributed by atoms with Crippen molar-refractivity contribution in [2.75, 3.05) is 19.8 Å². The zero-order valence-electron chi connectivity index (χ0n) is 8.92. The molecule has 1 aromatic rings. The number of H-pyrrole nitrogens is 1. The van der Waals surface area contributed by atoms with Crippen LogP contribution in [-0.4, -0.2) is 29.7 Å². The van der Waals surface area contributed by atoms with Crippen LogP contribution in [0.1, 0.15) is 32.1 Å². The third kappa shape index (κ3) is 3.47. The number of hydrogen-bond donors (Lipinski definition) is 2. The minimum atomic E-state index is 0.185. The van der Waals surface area contributed by atoms with Gasteiger partial charge in [-0.25, -0.2) is 4.98 Å². The predicted octanol–water partition coefficient (Wildman–Crippen LogP) is 1.49. The van der Waals surface area contributed by atoms with Crippen LogP contribution >= 0.6 is 0 Å². The van der Waals surface area contributed by atoms with E-state index in [4.69, 9.17) is 4.74 Å². The van der Waals surface area contributed by atoms with Crippen molar-refractivity contribution in [2.45, 2.75) is 26.3 Å². The summed E-state index contributed by atoms with van der Waals surface area (Å²) in [5, 5.41) is 3.39. The highest BCUT2D eigenvalue weighted by molar-refractivity contribution is 4.95. The number of nitrogens with one attached hydrogen (secondary N) is 2. The van der Waals surface area contributed by atoms with E-state index in [0.717, 1.165) is 25.4 Å². The van der Waals surface area contributed by atoms with Crippen LogP contribution in [-0.2, 0) is 4.74 Å². The van der Waals surface area contributed by atoms with Gasteiger partial charge in [0.15, 0.2) is 0 Å². The maximum Gasteiger partial charge on any atom is 0.125 e. The van der Waals surface area contributed by atoms with Gasteiger partial charge in [-0.3, -0.25) is 0 Å². The van der Waals surface area contributed by atoms with Gasteiger partial charge in [-0.2, -0.15) is 0 Å². The molecule has 1 aromatic heterocycles. The highest BCUT2D eigenvalue weighted by Crippen LogP contribution is 2.07. The molecule has 0 bridgehead atoms. The van der Waals surface area contributed by atoms with Crippen LogP contribution in [0.3, 0.4) is 0 Å². The van der Waals surface area contributed by atoms with Gasteiger partial charge in [0.05, 0.1) is 12.6 Å². The first kappa shape index (κ1) is 11.2. The van der Waals surface area contributed by atoms with Crippen molar-refractivity contribution in [3.63, 3.8) is 0 Å². The lowest BCUT2D eigenvalue weighted by molar-refractivity contribution is 0.121. The lowest BCUT2D eigenvalue weighted by Crippen LogP contribution is -2.27. The zero-order valence-corrected chi connectivity index (χ0v) is 8.92. The van der Waals surface area contributed by atoms with Crippen molar-refractivity contribution in [2.24, 2.45) is 0 Å². The van der Waals surface area contributed by atoms with Crippen LogP contribution < -0.4 is 5.32 Å². The second-order valence-corrected chi connectivity index (χ2v) is 3.14. The molecule has 1 atom stereocenters. The lowest BCUT2D eigenvalue weighted by atomic mass is 10.3. The standard InChI is InChI=1S/C10H19N3O/c1-3-5-11-9(8-14-4-2)10-12-6-7-13-10/h6-7,9,11H,3-5,8H2,1-2H3,(H,12,13). The SMILES string of the molecule is CCCNC(COCC)c1ncc[nH]1. The van der Waals surface area contributed by atoms with Crippen LogP contribution in [0.4, 0.5) is 0 Å². The van der Waals surface area contributed by atoms with E-state index in [1.807, 2.05) is 13.1 Å². The summed E-state index contributed by atoms with van der Waals surface area (Å²) in [6, 6.07) is 0.185. The molecule has 0 aliphatic carbocycles. The number of aromatic amines is 1. The van der Waals surface area contributed by atoms with E-state index in [1.54, 1.807) is 6.20 Å². The van der Waals surface area contributed by atoms with Crippen molar-refractivity contribution in [1.29, 1.82) is 0 Å². The molecule has 80 valence electrons. The fraction of sp³-hybridized carbons (Fsp3) is 0.700. The molecule has 2 N–H and O–H groups in total. The number of imidazole rings is 1. The molecular weight excluding hydrogens is 178 g/mol. The van der Waals surface area contributed by atoms with E-state index in [0.29, 0.717) is 6.61 Å². The Morgan fingerprint density at radius 3 is 3.00 bits per heavy atom. The molecule has 1 unspecified atom stereocenters. The highest BCUT2D eigenvalue weighted by Gasteiger charge is 2.12. The molecule has 4 nitrogen and oxygen atoms in total. The number of nitrogens with zero attached hydrogens (tertiary/aromatic N) is 1. The third-order valence-corrected chi connectivity index (χ3v) is 1.98. The minimum absolute atomic E-state index is 0.185. The third-order valence-electron chi connectivity index (χ3n) is 1.98. The summed E-state index contributed by atoms with van der Waals surface area (Å²) >= 11 is 0. The Hall–Kier alpha value is -0.870. The van der Waals surface area contributed by atoms with Gasteiger partial charge < -0.3 is 15.0 Å². The fourth-order valence-electron chi connectivity index (χ4n) is 1.26. The molecule has 0 saturated heterocycles. The molecule has 4 heteroatoms. The van der Waals surface area contributed by atoms with Gasteiger partial charge in [0.25, 0.3) is 0 Å². The summed E-state index contributed by atoms with van der Waals surface area (Å²) in [6.45, 7) is 6.54. The Balaban J connectivity index is 2.44. The average molecular weight is 197 g/mol. The smallest absolute Gasteiger partial charge is 0.125 e. The maximum atomic E-state index is 5.39. The molecule has 0 aliphatic rings. The molecular formula is C10H19N3O. The Bertz CT molecular complexity index is 215. The summed E-state index contributed by atoms with van der Waals surface area (Å²) in [5.41, 5.74) is 0. The molecule has 0 fully saturated rings. The molecule has 0 radical (unpaired) electrons. The quantitative estimate of drug-likeness (QED) is 0.696. The topological polar surface area (TPSA) is 49.9 Å². The van der Waals surface area contributed by atoms with Crippen molar-refractivity contribution in [3.8, 4) is 0 Å². The van der Waals surface area contributed by atoms with Gasteiger partial charge in [-0.15, -0.1) is 0 Å². The van der Waals surface area contributed by atoms with E-state index >= 15 is 0 Å². The van der Waals surface area contributed by atoms with E-state index in [9.17, 15) is 0 Å². The monoisotopic (exact) mass is 197 g/mol. The van der Waals surface area contributed by atoms with E-state index < -0.39 is 0 Å². The number of rotatable bonds is 7. The Morgan fingerprint density at radius 2 is 2.43 bits per heavy atom. The largest absolute Gasteiger partial charge is 0.380 e. The van der Waals surface area contributed by atoms with Gasteiger partial charge in [0, 0.05) is 19.0 Å². The number of aromatic nitrogens is 2. The molecule has 1 rings (SSSR count). The fourth-order valence-corrected chi connectivity index (χ4v) is 1.26. The first-order valence-corrected chi connectivity index (χ1v) is 5.18. The summed E-state index contributed by atoms with van der Waals surface area (Å²) in [4.78, 5) is 7.33. The van der Waals surface area contributed by atoms with Crippen LogP contribution in [0, 0.1) is 0 Å². The molecule has 14 heavy (non-hydrogen) atoms. The summed E-state index contributed by atoms with van der Waals surface area (Å²) in [5.74, 6) is 0.951. The van der Waals surface area contributed by atoms with Crippen LogP contribution in [0.15, 0.2) is 12.4 Å². The average Bonchev–Trinajstić information content (AvgIpc) is 2.71. The van der Waals surface area contributed by atoms with Crippen molar-refractivity contribution in [1.82, 2.24) is 15.3 Å². The van der Waals surface area contributed by atoms with Gasteiger partial charge in [-0.05, 0) is 19.9 Å². The first-order chi connectivity index (χ1) is 6.88. The molecule has 0 spiro atoms. The number of ether oxygens (including phenoxy) is 1. The minimum Gasteiger partial charge on any atom is -0.380 e. The van der Waals surface area contributed by atoms with Crippen molar-refractivity contribution in [3.05, 3.63) is 18.2 Å². The van der Waals surface area contributed by atoms with E-state index in [-0.39, 0.29) is 6.04 Å². The first-order valence-electron chi connectivity index (χ1n) is 5.18. The molecule has 0 aromatic carbocycles. The van der Waals surface area contributed by atoms with Crippen LogP contribution in [0.5, 0.6) is 0 Å². The second kappa shape index (κ2) is 6.56. The zero-order chi connectivity index (χ0) is 10.2. The highest BCUT2D eigenvalue weighted by atomic mass is 16.5. The summed E-state index contributed by atoms with van der Waals surface area (Å²) < 4.78 is 5.39. The van der Waals surface area contributed by atoms with E-state index in [2.05, 4.69) is 22.2 Å². The molecule has 0 amide bonds. The Labute approximate surface area is 85.1 Å². The van der Waals surface area contributed by atoms with Crippen molar-refractivity contribution >= 4 is 0 Å². The van der Waals surface area contributed by atoms with E-state index in [1.165, 1.54) is 0 Å². The van der Waals surface area contributed by atoms with Gasteiger partial charge in [0.2, 0.25) is 0 Å². The molecule has 1 heterocycles. The van der Waals surface area contributed by atoms with Gasteiger partial charge in [-0.1, -0.05) is 6.92 Å². The summed E-state index contributed by atoms with van der Waals surface area (Å²) in [7, 11) is 0. The van der Waals surface area contributed by atoms with Crippen molar-refractivity contribution < 1.29 is 4.74 Å². The predicted molar refractivity (Wildman–Crippen MR) is 56.1 cm³/mol. The Kier molecular flexibility index (Phi) is 5.25. The molecule has 0 saturated carbocycles. The number of hydrogen-bond acceptors (Lipinski definition) is 3. The van der Waals surface area contributed by atoms with Gasteiger partial charge >= 0.3 is 0 Å². The van der Waals surface area contributed by atoms with Crippen LogP contribution in [0.25, 0.3) is 0 Å². The maximum absolute atomic E-state index is 5.39. The lowest BCUT2D eigenvalue weighted by Gasteiger charge is -2.15. The van der Waals surface area contributed by atoms with Crippen LogP contribution in [0.2, 0.25) is 0 Å². The summed E-state index contributed by atoms with van der Waals surface area (Å²) in [6.07, 6.45) is 4.72. The molecule has 0 aliphatic heterocycles. The Morgan fingerprint density at radius 1 is 1.57 bits per heavy atom. The van der Waals surface area contributed by atoms with Gasteiger partial charge in [0.1, 0.15) is 5.82 Å². The normalized spacial score (nSPS) is 13.0. The second-order valence-electron chi connectivity index (χ2n) is 3.14.